The van der Waals surface area contributed by atoms with Crippen molar-refractivity contribution in [2.24, 2.45) is 0 Å². The second-order valence-corrected chi connectivity index (χ2v) is 2.28. The molecule has 0 aliphatic rings. The highest BCUT2D eigenvalue weighted by atomic mass is 16.3. The molecule has 0 aliphatic carbocycles. The van der Waals surface area contributed by atoms with Crippen LogP contribution in [0.4, 0.5) is 0 Å². The average molecular weight is 143 g/mol. The van der Waals surface area contributed by atoms with E-state index >= 15 is 0 Å². The van der Waals surface area contributed by atoms with Gasteiger partial charge < -0.3 is 4.42 Å². The fourth-order valence-corrected chi connectivity index (χ4v) is 0.995. The van der Waals surface area contributed by atoms with E-state index in [1.54, 1.807) is 6.26 Å². The summed E-state index contributed by atoms with van der Waals surface area (Å²) in [5, 5.41) is 0. The normalized spacial score (nSPS) is 9.82. The SMILES string of the molecule is [c]1coc(-c2ccccc2)c1. The van der Waals surface area contributed by atoms with E-state index in [9.17, 15) is 0 Å². The van der Waals surface area contributed by atoms with Crippen LogP contribution < -0.4 is 0 Å². The van der Waals surface area contributed by atoms with E-state index in [1.165, 1.54) is 0 Å². The third-order valence-electron chi connectivity index (χ3n) is 1.53. The Labute approximate surface area is 65.3 Å². The lowest BCUT2D eigenvalue weighted by Gasteiger charge is -1.92. The van der Waals surface area contributed by atoms with Gasteiger partial charge in [-0.05, 0) is 6.07 Å². The van der Waals surface area contributed by atoms with Gasteiger partial charge in [-0.1, -0.05) is 30.3 Å². The lowest BCUT2D eigenvalue weighted by Crippen LogP contribution is -1.69. The van der Waals surface area contributed by atoms with E-state index in [-0.39, 0.29) is 0 Å². The molecule has 0 bridgehead atoms. The van der Waals surface area contributed by atoms with Gasteiger partial charge in [-0.2, -0.15) is 0 Å². The molecule has 1 heterocycles. The average Bonchev–Trinajstić information content (AvgIpc) is 2.58. The Bertz CT molecular complexity index is 308. The summed E-state index contributed by atoms with van der Waals surface area (Å²) in [5.74, 6) is 0.866. The Kier molecular flexibility index (Phi) is 1.48. The molecule has 2 aromatic rings. The molecule has 0 atom stereocenters. The van der Waals surface area contributed by atoms with Crippen molar-refractivity contribution in [2.45, 2.75) is 0 Å². The van der Waals surface area contributed by atoms with Gasteiger partial charge in [0.1, 0.15) is 5.76 Å². The van der Waals surface area contributed by atoms with Crippen LogP contribution >= 0.6 is 0 Å². The summed E-state index contributed by atoms with van der Waals surface area (Å²) in [6, 6.07) is 14.7. The number of benzene rings is 1. The smallest absolute Gasteiger partial charge is 0.134 e. The van der Waals surface area contributed by atoms with Crippen molar-refractivity contribution in [3.63, 3.8) is 0 Å². The van der Waals surface area contributed by atoms with Gasteiger partial charge in [0, 0.05) is 11.6 Å². The Hall–Kier alpha value is -1.50. The summed E-state index contributed by atoms with van der Waals surface area (Å²) in [6.45, 7) is 0. The maximum atomic E-state index is 5.16. The number of furan rings is 1. The minimum Gasteiger partial charge on any atom is -0.464 e. The fourth-order valence-electron chi connectivity index (χ4n) is 0.995. The van der Waals surface area contributed by atoms with Gasteiger partial charge >= 0.3 is 0 Å². The van der Waals surface area contributed by atoms with Crippen molar-refractivity contribution in [3.05, 3.63) is 48.7 Å². The summed E-state index contributed by atoms with van der Waals surface area (Å²) >= 11 is 0. The highest BCUT2D eigenvalue weighted by Gasteiger charge is 1.96. The maximum absolute atomic E-state index is 5.16. The molecule has 1 heteroatoms. The molecule has 2 rings (SSSR count). The molecule has 0 fully saturated rings. The minimum atomic E-state index is 0.866. The van der Waals surface area contributed by atoms with E-state index in [2.05, 4.69) is 6.07 Å². The number of hydrogen-bond donors (Lipinski definition) is 0. The van der Waals surface area contributed by atoms with Crippen LogP contribution in [0.15, 0.2) is 47.1 Å². The van der Waals surface area contributed by atoms with Gasteiger partial charge in [0.25, 0.3) is 0 Å². The predicted molar refractivity (Wildman–Crippen MR) is 43.0 cm³/mol. The standard InChI is InChI=1S/C10H7O/c1-2-5-9(6-3-1)10-7-4-8-11-10/h1-3,5-8H. The molecular formula is C10H7O. The lowest BCUT2D eigenvalue weighted by molar-refractivity contribution is 0.582. The maximum Gasteiger partial charge on any atom is 0.134 e. The van der Waals surface area contributed by atoms with E-state index in [0.717, 1.165) is 11.3 Å². The molecule has 0 saturated heterocycles. The zero-order valence-electron chi connectivity index (χ0n) is 5.95. The van der Waals surface area contributed by atoms with Crippen LogP contribution in [0.3, 0.4) is 0 Å². The second-order valence-electron chi connectivity index (χ2n) is 2.28. The van der Waals surface area contributed by atoms with E-state index in [4.69, 9.17) is 4.42 Å². The zero-order chi connectivity index (χ0) is 7.52. The van der Waals surface area contributed by atoms with Crippen LogP contribution in [0, 0.1) is 6.07 Å². The molecule has 1 radical (unpaired) electrons. The monoisotopic (exact) mass is 143 g/mol. The summed E-state index contributed by atoms with van der Waals surface area (Å²) in [7, 11) is 0. The molecule has 0 saturated carbocycles. The number of rotatable bonds is 1. The molecule has 1 nitrogen and oxygen atoms in total. The van der Waals surface area contributed by atoms with Crippen LogP contribution in [0.2, 0.25) is 0 Å². The quantitative estimate of drug-likeness (QED) is 0.598. The van der Waals surface area contributed by atoms with Crippen LogP contribution in [-0.4, -0.2) is 0 Å². The van der Waals surface area contributed by atoms with E-state index < -0.39 is 0 Å². The molecule has 1 aromatic carbocycles. The summed E-state index contributed by atoms with van der Waals surface area (Å²) in [4.78, 5) is 0. The Balaban J connectivity index is 2.46. The van der Waals surface area contributed by atoms with Gasteiger partial charge in [-0.25, -0.2) is 0 Å². The molecule has 1 aromatic heterocycles. The lowest BCUT2D eigenvalue weighted by atomic mass is 10.2. The van der Waals surface area contributed by atoms with Crippen molar-refractivity contribution < 1.29 is 4.42 Å². The highest BCUT2D eigenvalue weighted by molar-refractivity contribution is 5.56. The molecule has 0 aliphatic heterocycles. The third kappa shape index (κ3) is 1.17. The molecule has 53 valence electrons. The van der Waals surface area contributed by atoms with Crippen LogP contribution in [0.1, 0.15) is 0 Å². The Morgan fingerprint density at radius 3 is 2.55 bits per heavy atom. The largest absolute Gasteiger partial charge is 0.464 e. The van der Waals surface area contributed by atoms with Crippen LogP contribution in [0.25, 0.3) is 11.3 Å². The minimum absolute atomic E-state index is 0.866. The molecule has 0 N–H and O–H groups in total. The van der Waals surface area contributed by atoms with E-state index in [1.807, 2.05) is 36.4 Å². The van der Waals surface area contributed by atoms with Gasteiger partial charge in [-0.15, -0.1) is 0 Å². The Morgan fingerprint density at radius 1 is 1.09 bits per heavy atom. The second kappa shape index (κ2) is 2.62. The summed E-state index contributed by atoms with van der Waals surface area (Å²) in [5.41, 5.74) is 1.09. The third-order valence-corrected chi connectivity index (χ3v) is 1.53. The summed E-state index contributed by atoms with van der Waals surface area (Å²) in [6.07, 6.45) is 1.56. The fraction of sp³-hybridized carbons (Fsp3) is 0. The first-order chi connectivity index (χ1) is 5.47. The van der Waals surface area contributed by atoms with Crippen molar-refractivity contribution >= 4 is 0 Å². The van der Waals surface area contributed by atoms with Gasteiger partial charge in [0.05, 0.1) is 6.26 Å². The predicted octanol–water partition coefficient (Wildman–Crippen LogP) is 2.75. The topological polar surface area (TPSA) is 13.1 Å². The van der Waals surface area contributed by atoms with Crippen LogP contribution in [0.5, 0.6) is 0 Å². The molecular weight excluding hydrogens is 136 g/mol. The Morgan fingerprint density at radius 2 is 1.91 bits per heavy atom. The zero-order valence-corrected chi connectivity index (χ0v) is 5.95. The van der Waals surface area contributed by atoms with Crippen molar-refractivity contribution in [3.8, 4) is 11.3 Å². The van der Waals surface area contributed by atoms with Gasteiger partial charge in [-0.3, -0.25) is 0 Å². The van der Waals surface area contributed by atoms with Gasteiger partial charge in [0.15, 0.2) is 0 Å². The van der Waals surface area contributed by atoms with Gasteiger partial charge in [0.2, 0.25) is 0 Å². The first-order valence-corrected chi connectivity index (χ1v) is 3.47. The molecule has 0 unspecified atom stereocenters. The first kappa shape index (κ1) is 6.23. The highest BCUT2D eigenvalue weighted by Crippen LogP contribution is 2.17. The number of hydrogen-bond acceptors (Lipinski definition) is 1. The van der Waals surface area contributed by atoms with E-state index in [0.29, 0.717) is 0 Å². The molecule has 0 spiro atoms. The van der Waals surface area contributed by atoms with Crippen molar-refractivity contribution in [2.75, 3.05) is 0 Å². The molecule has 11 heavy (non-hydrogen) atoms. The van der Waals surface area contributed by atoms with Crippen molar-refractivity contribution in [1.82, 2.24) is 0 Å². The van der Waals surface area contributed by atoms with Crippen molar-refractivity contribution in [1.29, 1.82) is 0 Å². The molecule has 0 amide bonds. The summed E-state index contributed by atoms with van der Waals surface area (Å²) < 4.78 is 5.16. The first-order valence-electron chi connectivity index (χ1n) is 3.47. The van der Waals surface area contributed by atoms with Crippen LogP contribution in [-0.2, 0) is 0 Å².